The standard InChI is InChI=1S/C25H30N/c1-17-14-18(2)19(3)23(15-17)25-24-16-22(20-8-6-5-7-9-20)11-10-21(24)12-13-26(25)4/h10-16,20H,5-9H2,1-4H3/q+1. The SMILES string of the molecule is Cc1cc(C)c(C)c(-c2c3cc(C4CCCCC4)ccc3cc[n+]2C)c1. The van der Waals surface area contributed by atoms with Crippen LogP contribution in [0.15, 0.2) is 42.6 Å². The van der Waals surface area contributed by atoms with Crippen molar-refractivity contribution in [2.75, 3.05) is 0 Å². The summed E-state index contributed by atoms with van der Waals surface area (Å²) in [4.78, 5) is 0. The number of hydrogen-bond donors (Lipinski definition) is 0. The van der Waals surface area contributed by atoms with Gasteiger partial charge in [0.2, 0.25) is 5.69 Å². The zero-order valence-corrected chi connectivity index (χ0v) is 16.6. The number of nitrogens with zero attached hydrogens (tertiary/aromatic N) is 1. The predicted molar refractivity (Wildman–Crippen MR) is 111 cm³/mol. The number of pyridine rings is 1. The average Bonchev–Trinajstić information content (AvgIpc) is 2.65. The zero-order chi connectivity index (χ0) is 18.3. The van der Waals surface area contributed by atoms with E-state index in [2.05, 4.69) is 75.0 Å². The van der Waals surface area contributed by atoms with Crippen LogP contribution in [0, 0.1) is 20.8 Å². The molecule has 0 saturated heterocycles. The van der Waals surface area contributed by atoms with Gasteiger partial charge in [0.15, 0.2) is 6.20 Å². The van der Waals surface area contributed by atoms with Gasteiger partial charge in [0.25, 0.3) is 0 Å². The van der Waals surface area contributed by atoms with Crippen molar-refractivity contribution in [2.45, 2.75) is 58.8 Å². The number of hydrogen-bond acceptors (Lipinski definition) is 0. The van der Waals surface area contributed by atoms with Gasteiger partial charge in [0.05, 0.1) is 10.9 Å². The van der Waals surface area contributed by atoms with Gasteiger partial charge in [-0.15, -0.1) is 0 Å². The largest absolute Gasteiger partial charge is 0.220 e. The summed E-state index contributed by atoms with van der Waals surface area (Å²) in [6, 6.07) is 14.1. The van der Waals surface area contributed by atoms with Gasteiger partial charge < -0.3 is 0 Å². The van der Waals surface area contributed by atoms with Crippen LogP contribution in [-0.2, 0) is 7.05 Å². The quantitative estimate of drug-likeness (QED) is 0.480. The molecule has 1 nitrogen and oxygen atoms in total. The van der Waals surface area contributed by atoms with Gasteiger partial charge in [-0.2, -0.15) is 0 Å². The number of rotatable bonds is 2. The Morgan fingerprint density at radius 3 is 2.42 bits per heavy atom. The number of benzene rings is 2. The molecule has 1 aliphatic rings. The van der Waals surface area contributed by atoms with E-state index >= 15 is 0 Å². The highest BCUT2D eigenvalue weighted by molar-refractivity contribution is 5.94. The van der Waals surface area contributed by atoms with Gasteiger partial charge in [0, 0.05) is 6.07 Å². The fourth-order valence-electron chi connectivity index (χ4n) is 4.69. The van der Waals surface area contributed by atoms with Crippen LogP contribution in [0.1, 0.15) is 60.3 Å². The maximum absolute atomic E-state index is 2.48. The van der Waals surface area contributed by atoms with E-state index in [0.717, 1.165) is 5.92 Å². The molecule has 0 aliphatic heterocycles. The van der Waals surface area contributed by atoms with Crippen LogP contribution in [0.4, 0.5) is 0 Å². The van der Waals surface area contributed by atoms with Crippen LogP contribution < -0.4 is 4.57 Å². The fraction of sp³-hybridized carbons (Fsp3) is 0.400. The third-order valence-electron chi connectivity index (χ3n) is 6.31. The van der Waals surface area contributed by atoms with Crippen molar-refractivity contribution in [3.63, 3.8) is 0 Å². The van der Waals surface area contributed by atoms with Gasteiger partial charge in [-0.25, -0.2) is 4.57 Å². The average molecular weight is 345 g/mol. The number of aromatic nitrogens is 1. The second-order valence-corrected chi connectivity index (χ2v) is 8.21. The minimum atomic E-state index is 0.742. The molecule has 1 saturated carbocycles. The van der Waals surface area contributed by atoms with E-state index < -0.39 is 0 Å². The minimum absolute atomic E-state index is 0.742. The third-order valence-corrected chi connectivity index (χ3v) is 6.31. The molecule has 0 N–H and O–H groups in total. The molecule has 0 radical (unpaired) electrons. The van der Waals surface area contributed by atoms with Crippen LogP contribution in [0.5, 0.6) is 0 Å². The summed E-state index contributed by atoms with van der Waals surface area (Å²) in [7, 11) is 2.18. The normalized spacial score (nSPS) is 15.5. The first kappa shape index (κ1) is 17.3. The lowest BCUT2D eigenvalue weighted by Crippen LogP contribution is -2.31. The second kappa shape index (κ2) is 6.87. The van der Waals surface area contributed by atoms with E-state index in [-0.39, 0.29) is 0 Å². The van der Waals surface area contributed by atoms with Gasteiger partial charge in [-0.05, 0) is 73.7 Å². The molecule has 26 heavy (non-hydrogen) atoms. The van der Waals surface area contributed by atoms with Gasteiger partial charge in [0.1, 0.15) is 7.05 Å². The highest BCUT2D eigenvalue weighted by atomic mass is 14.9. The van der Waals surface area contributed by atoms with Crippen LogP contribution in [0.3, 0.4) is 0 Å². The summed E-state index contributed by atoms with van der Waals surface area (Å²) in [5.74, 6) is 0.742. The van der Waals surface area contributed by atoms with Crippen molar-refractivity contribution in [3.8, 4) is 11.3 Å². The highest BCUT2D eigenvalue weighted by Crippen LogP contribution is 2.36. The zero-order valence-electron chi connectivity index (χ0n) is 16.6. The van der Waals surface area contributed by atoms with Gasteiger partial charge in [-0.1, -0.05) is 43.0 Å². The summed E-state index contributed by atoms with van der Waals surface area (Å²) < 4.78 is 2.30. The highest BCUT2D eigenvalue weighted by Gasteiger charge is 2.21. The Kier molecular flexibility index (Phi) is 4.56. The lowest BCUT2D eigenvalue weighted by molar-refractivity contribution is -0.659. The molecule has 134 valence electrons. The van der Waals surface area contributed by atoms with Crippen LogP contribution in [0.2, 0.25) is 0 Å². The first-order chi connectivity index (χ1) is 12.5. The van der Waals surface area contributed by atoms with Crippen molar-refractivity contribution in [1.29, 1.82) is 0 Å². The summed E-state index contributed by atoms with van der Waals surface area (Å²) in [5, 5.41) is 2.74. The number of aryl methyl sites for hydroxylation is 3. The molecule has 0 unspecified atom stereocenters. The molecule has 1 aliphatic carbocycles. The Labute approximate surface area is 157 Å². The van der Waals surface area contributed by atoms with Crippen molar-refractivity contribution in [2.24, 2.45) is 7.05 Å². The fourth-order valence-corrected chi connectivity index (χ4v) is 4.69. The lowest BCUT2D eigenvalue weighted by Gasteiger charge is -2.22. The molecule has 0 atom stereocenters. The Balaban J connectivity index is 1.95. The molecule has 0 amide bonds. The summed E-state index contributed by atoms with van der Waals surface area (Å²) in [5.41, 5.74) is 8.36. The summed E-state index contributed by atoms with van der Waals surface area (Å²) >= 11 is 0. The molecule has 3 aromatic rings. The van der Waals surface area contributed by atoms with E-state index in [1.165, 1.54) is 76.4 Å². The lowest BCUT2D eigenvalue weighted by atomic mass is 9.83. The number of fused-ring (bicyclic) bond motifs is 1. The predicted octanol–water partition coefficient (Wildman–Crippen LogP) is 6.30. The Morgan fingerprint density at radius 2 is 1.65 bits per heavy atom. The monoisotopic (exact) mass is 344 g/mol. The topological polar surface area (TPSA) is 3.88 Å². The van der Waals surface area contributed by atoms with E-state index in [0.29, 0.717) is 0 Å². The maximum Gasteiger partial charge on any atom is 0.220 e. The maximum atomic E-state index is 2.48. The molecule has 1 heteroatoms. The van der Waals surface area contributed by atoms with E-state index in [9.17, 15) is 0 Å². The molecule has 2 aromatic carbocycles. The van der Waals surface area contributed by atoms with Crippen LogP contribution in [-0.4, -0.2) is 0 Å². The van der Waals surface area contributed by atoms with Crippen molar-refractivity contribution < 1.29 is 4.57 Å². The Bertz CT molecular complexity index is 962. The first-order valence-corrected chi connectivity index (χ1v) is 10.0. The molecule has 1 fully saturated rings. The Morgan fingerprint density at radius 1 is 0.885 bits per heavy atom. The van der Waals surface area contributed by atoms with Crippen molar-refractivity contribution in [1.82, 2.24) is 0 Å². The molecule has 0 bridgehead atoms. The van der Waals surface area contributed by atoms with Gasteiger partial charge in [-0.3, -0.25) is 0 Å². The van der Waals surface area contributed by atoms with Gasteiger partial charge >= 0.3 is 0 Å². The van der Waals surface area contributed by atoms with Crippen LogP contribution >= 0.6 is 0 Å². The minimum Gasteiger partial charge on any atom is -0.200 e. The molecular weight excluding hydrogens is 314 g/mol. The molecule has 0 spiro atoms. The van der Waals surface area contributed by atoms with Crippen molar-refractivity contribution >= 4 is 10.8 Å². The molecule has 1 heterocycles. The van der Waals surface area contributed by atoms with Crippen LogP contribution in [0.25, 0.3) is 22.0 Å². The smallest absolute Gasteiger partial charge is 0.200 e. The van der Waals surface area contributed by atoms with E-state index in [4.69, 9.17) is 0 Å². The second-order valence-electron chi connectivity index (χ2n) is 8.21. The summed E-state index contributed by atoms with van der Waals surface area (Å²) in [6.07, 6.45) is 9.08. The molecular formula is C25H30N+. The molecule has 1 aromatic heterocycles. The van der Waals surface area contributed by atoms with Crippen molar-refractivity contribution in [3.05, 3.63) is 64.8 Å². The molecule has 4 rings (SSSR count). The third kappa shape index (κ3) is 3.05. The summed E-state index contributed by atoms with van der Waals surface area (Å²) in [6.45, 7) is 6.69. The van der Waals surface area contributed by atoms with E-state index in [1.54, 1.807) is 0 Å². The van der Waals surface area contributed by atoms with E-state index in [1.807, 2.05) is 0 Å². The first-order valence-electron chi connectivity index (χ1n) is 10.0. The Hall–Kier alpha value is -2.15.